The molecule has 3 aromatic rings. The van der Waals surface area contributed by atoms with E-state index in [1.807, 2.05) is 36.4 Å². The molecule has 0 radical (unpaired) electrons. The number of fused-ring (bicyclic) bond motifs is 1. The molecule has 1 aromatic heterocycles. The van der Waals surface area contributed by atoms with E-state index in [0.29, 0.717) is 17.8 Å². The normalized spacial score (nSPS) is 14.5. The highest BCUT2D eigenvalue weighted by Gasteiger charge is 2.28. The van der Waals surface area contributed by atoms with Gasteiger partial charge < -0.3 is 9.64 Å². The fourth-order valence-electron chi connectivity index (χ4n) is 3.57. The molecule has 1 aliphatic rings. The van der Waals surface area contributed by atoms with Gasteiger partial charge in [0.25, 0.3) is 5.19 Å². The van der Waals surface area contributed by atoms with Crippen molar-refractivity contribution in [3.63, 3.8) is 0 Å². The first-order valence-electron chi connectivity index (χ1n) is 11.3. The first-order valence-corrected chi connectivity index (χ1v) is 13.6. The van der Waals surface area contributed by atoms with E-state index in [9.17, 15) is 8.42 Å². The smallest absolute Gasteiger partial charge is 0.279 e. The molecule has 8 heteroatoms. The molecule has 2 aromatic carbocycles. The van der Waals surface area contributed by atoms with E-state index in [2.05, 4.69) is 26.7 Å². The van der Waals surface area contributed by atoms with Crippen LogP contribution >= 0.6 is 11.3 Å². The standard InChI is InChI=1S/C24H31N3O3S2/c1-18(2)32(28,29)25-15-5-16-27(20-10-11-20)17-14-19-8-12-21(13-9-19)30-24-26-22-6-3-4-7-23(22)31-24/h3-4,6-9,12-13,18,20,25H,5,10-11,14-17H2,1-2H3. The molecular formula is C24H31N3O3S2. The van der Waals surface area contributed by atoms with Crippen molar-refractivity contribution in [2.24, 2.45) is 0 Å². The van der Waals surface area contributed by atoms with Crippen LogP contribution in [0.4, 0.5) is 0 Å². The van der Waals surface area contributed by atoms with Crippen LogP contribution in [0.2, 0.25) is 0 Å². The van der Waals surface area contributed by atoms with Gasteiger partial charge in [0.05, 0.1) is 15.5 Å². The van der Waals surface area contributed by atoms with Gasteiger partial charge in [0.1, 0.15) is 5.75 Å². The zero-order valence-electron chi connectivity index (χ0n) is 18.7. The molecule has 0 unspecified atom stereocenters. The van der Waals surface area contributed by atoms with Gasteiger partial charge in [0.15, 0.2) is 0 Å². The Hall–Kier alpha value is -2.00. The molecule has 32 heavy (non-hydrogen) atoms. The van der Waals surface area contributed by atoms with E-state index in [1.165, 1.54) is 18.4 Å². The summed E-state index contributed by atoms with van der Waals surface area (Å²) in [5.74, 6) is 0.796. The highest BCUT2D eigenvalue weighted by atomic mass is 32.2. The van der Waals surface area contributed by atoms with Crippen LogP contribution in [0.25, 0.3) is 10.2 Å². The summed E-state index contributed by atoms with van der Waals surface area (Å²) in [6.45, 7) is 5.81. The van der Waals surface area contributed by atoms with Crippen molar-refractivity contribution in [1.29, 1.82) is 0 Å². The maximum absolute atomic E-state index is 11.9. The van der Waals surface area contributed by atoms with Crippen LogP contribution in [-0.4, -0.2) is 49.2 Å². The second kappa shape index (κ2) is 10.3. The number of benzene rings is 2. The number of hydrogen-bond acceptors (Lipinski definition) is 6. The van der Waals surface area contributed by atoms with Crippen LogP contribution in [0.3, 0.4) is 0 Å². The van der Waals surface area contributed by atoms with Crippen molar-refractivity contribution in [2.75, 3.05) is 19.6 Å². The van der Waals surface area contributed by atoms with E-state index in [1.54, 1.807) is 25.2 Å². The average Bonchev–Trinajstić information content (AvgIpc) is 3.53. The number of para-hydroxylation sites is 1. The minimum Gasteiger partial charge on any atom is -0.431 e. The van der Waals surface area contributed by atoms with E-state index in [4.69, 9.17) is 4.74 Å². The van der Waals surface area contributed by atoms with E-state index >= 15 is 0 Å². The van der Waals surface area contributed by atoms with Crippen molar-refractivity contribution >= 4 is 31.6 Å². The Morgan fingerprint density at radius 2 is 1.88 bits per heavy atom. The summed E-state index contributed by atoms with van der Waals surface area (Å²) in [5, 5.41) is 0.274. The molecule has 1 N–H and O–H groups in total. The van der Waals surface area contributed by atoms with E-state index < -0.39 is 10.0 Å². The van der Waals surface area contributed by atoms with Crippen molar-refractivity contribution < 1.29 is 13.2 Å². The summed E-state index contributed by atoms with van der Waals surface area (Å²) in [7, 11) is -3.17. The summed E-state index contributed by atoms with van der Waals surface area (Å²) < 4.78 is 33.5. The lowest BCUT2D eigenvalue weighted by atomic mass is 10.1. The Kier molecular flexibility index (Phi) is 7.45. The van der Waals surface area contributed by atoms with Gasteiger partial charge in [0, 0.05) is 19.1 Å². The molecule has 4 rings (SSSR count). The topological polar surface area (TPSA) is 71.5 Å². The van der Waals surface area contributed by atoms with Crippen LogP contribution in [-0.2, 0) is 16.4 Å². The predicted octanol–water partition coefficient (Wildman–Crippen LogP) is 4.81. The molecule has 6 nitrogen and oxygen atoms in total. The Morgan fingerprint density at radius 3 is 2.56 bits per heavy atom. The third kappa shape index (κ3) is 6.28. The van der Waals surface area contributed by atoms with Gasteiger partial charge in [-0.05, 0) is 75.9 Å². The number of ether oxygens (including phenoxy) is 1. The minimum absolute atomic E-state index is 0.386. The fraction of sp³-hybridized carbons (Fsp3) is 0.458. The molecule has 1 aliphatic carbocycles. The number of thiazole rings is 1. The van der Waals surface area contributed by atoms with Crippen LogP contribution in [0.1, 0.15) is 38.7 Å². The molecule has 172 valence electrons. The van der Waals surface area contributed by atoms with Gasteiger partial charge in [0.2, 0.25) is 10.0 Å². The van der Waals surface area contributed by atoms with Crippen molar-refractivity contribution in [3.8, 4) is 10.9 Å². The van der Waals surface area contributed by atoms with Crippen LogP contribution in [0.5, 0.6) is 10.9 Å². The lowest BCUT2D eigenvalue weighted by Crippen LogP contribution is -2.35. The third-order valence-corrected chi connectivity index (χ3v) is 8.46. The maximum atomic E-state index is 11.9. The number of nitrogens with zero attached hydrogens (tertiary/aromatic N) is 2. The van der Waals surface area contributed by atoms with Gasteiger partial charge in [-0.15, -0.1) is 0 Å². The molecule has 0 saturated heterocycles. The summed E-state index contributed by atoms with van der Waals surface area (Å²) in [6, 6.07) is 16.9. The first kappa shape index (κ1) is 23.2. The average molecular weight is 474 g/mol. The van der Waals surface area contributed by atoms with E-state index in [0.717, 1.165) is 41.9 Å². The van der Waals surface area contributed by atoms with Crippen molar-refractivity contribution in [1.82, 2.24) is 14.6 Å². The molecule has 0 amide bonds. The lowest BCUT2D eigenvalue weighted by Gasteiger charge is -2.22. The van der Waals surface area contributed by atoms with Gasteiger partial charge in [-0.3, -0.25) is 0 Å². The predicted molar refractivity (Wildman–Crippen MR) is 131 cm³/mol. The molecule has 1 fully saturated rings. The molecular weight excluding hydrogens is 442 g/mol. The number of hydrogen-bond donors (Lipinski definition) is 1. The number of sulfonamides is 1. The van der Waals surface area contributed by atoms with Crippen molar-refractivity contribution in [2.45, 2.75) is 50.8 Å². The fourth-order valence-corrected chi connectivity index (χ4v) is 5.17. The highest BCUT2D eigenvalue weighted by molar-refractivity contribution is 7.90. The molecule has 1 heterocycles. The van der Waals surface area contributed by atoms with Gasteiger partial charge in [-0.25, -0.2) is 18.1 Å². The Bertz CT molecular complexity index is 1090. The zero-order chi connectivity index (χ0) is 22.6. The number of aromatic nitrogens is 1. The first-order chi connectivity index (χ1) is 15.4. The molecule has 0 spiro atoms. The van der Waals surface area contributed by atoms with Crippen LogP contribution in [0, 0.1) is 0 Å². The van der Waals surface area contributed by atoms with E-state index in [-0.39, 0.29) is 5.25 Å². The van der Waals surface area contributed by atoms with Gasteiger partial charge in [-0.1, -0.05) is 35.6 Å². The van der Waals surface area contributed by atoms with Gasteiger partial charge in [-0.2, -0.15) is 0 Å². The summed E-state index contributed by atoms with van der Waals surface area (Å²) in [4.78, 5) is 7.02. The highest BCUT2D eigenvalue weighted by Crippen LogP contribution is 2.31. The minimum atomic E-state index is -3.17. The Balaban J connectivity index is 1.25. The molecule has 0 atom stereocenters. The second-order valence-corrected chi connectivity index (χ2v) is 11.9. The Labute approximate surface area is 194 Å². The second-order valence-electron chi connectivity index (χ2n) is 8.55. The molecule has 1 saturated carbocycles. The number of rotatable bonds is 12. The molecule has 0 aliphatic heterocycles. The Morgan fingerprint density at radius 1 is 1.12 bits per heavy atom. The third-order valence-electron chi connectivity index (χ3n) is 5.70. The van der Waals surface area contributed by atoms with Crippen molar-refractivity contribution in [3.05, 3.63) is 54.1 Å². The lowest BCUT2D eigenvalue weighted by molar-refractivity contribution is 0.264. The van der Waals surface area contributed by atoms with Gasteiger partial charge >= 0.3 is 0 Å². The monoisotopic (exact) mass is 473 g/mol. The largest absolute Gasteiger partial charge is 0.431 e. The summed E-state index contributed by atoms with van der Waals surface area (Å²) >= 11 is 1.55. The van der Waals surface area contributed by atoms with Crippen LogP contribution < -0.4 is 9.46 Å². The maximum Gasteiger partial charge on any atom is 0.279 e. The summed E-state index contributed by atoms with van der Waals surface area (Å²) in [5.41, 5.74) is 2.23. The zero-order valence-corrected chi connectivity index (χ0v) is 20.3. The molecule has 0 bridgehead atoms. The van der Waals surface area contributed by atoms with Crippen LogP contribution in [0.15, 0.2) is 48.5 Å². The quantitative estimate of drug-likeness (QED) is 0.382. The summed E-state index contributed by atoms with van der Waals surface area (Å²) in [6.07, 6.45) is 4.28. The number of nitrogens with one attached hydrogen (secondary N) is 1. The SMILES string of the molecule is CC(C)S(=O)(=O)NCCCN(CCc1ccc(Oc2nc3ccccc3s2)cc1)C1CC1.